The molecule has 0 aromatic carbocycles. The van der Waals surface area contributed by atoms with Crippen LogP contribution in [-0.4, -0.2) is 11.9 Å². The fourth-order valence-electron chi connectivity index (χ4n) is 0.911. The van der Waals surface area contributed by atoms with Crippen LogP contribution in [-0.2, 0) is 11.3 Å². The number of aryl methyl sites for hydroxylation is 1. The molecular weight excluding hydrogens is 184 g/mol. The standard InChI is InChI=1S/C9H14N2OS/c1-6-4-13-5-8(6)3-11-9(12)7(2)10/h4-5,7H,3,10H2,1-2H3,(H,11,12)/t7-/m0/s1. The summed E-state index contributed by atoms with van der Waals surface area (Å²) in [7, 11) is 0. The Morgan fingerprint density at radius 2 is 2.38 bits per heavy atom. The summed E-state index contributed by atoms with van der Waals surface area (Å²) in [5.41, 5.74) is 7.79. The molecule has 0 radical (unpaired) electrons. The van der Waals surface area contributed by atoms with Gasteiger partial charge in [0.2, 0.25) is 5.91 Å². The van der Waals surface area contributed by atoms with E-state index in [0.717, 1.165) is 0 Å². The lowest BCUT2D eigenvalue weighted by Crippen LogP contribution is -2.37. The largest absolute Gasteiger partial charge is 0.351 e. The van der Waals surface area contributed by atoms with Crippen LogP contribution in [0.4, 0.5) is 0 Å². The van der Waals surface area contributed by atoms with Crippen LogP contribution in [0.5, 0.6) is 0 Å². The Balaban J connectivity index is 2.44. The lowest BCUT2D eigenvalue weighted by molar-refractivity contribution is -0.122. The third kappa shape index (κ3) is 2.82. The van der Waals surface area contributed by atoms with Crippen LogP contribution < -0.4 is 11.1 Å². The SMILES string of the molecule is Cc1cscc1CNC(=O)[C@H](C)N. The summed E-state index contributed by atoms with van der Waals surface area (Å²) in [6, 6.07) is -0.432. The molecule has 1 rings (SSSR count). The highest BCUT2D eigenvalue weighted by Gasteiger charge is 2.07. The van der Waals surface area contributed by atoms with Gasteiger partial charge in [0.05, 0.1) is 6.04 Å². The van der Waals surface area contributed by atoms with Gasteiger partial charge in [0.25, 0.3) is 0 Å². The third-order valence-corrected chi connectivity index (χ3v) is 2.74. The normalized spacial score (nSPS) is 12.5. The van der Waals surface area contributed by atoms with Crippen LogP contribution in [0.25, 0.3) is 0 Å². The molecule has 0 aliphatic rings. The molecule has 1 heterocycles. The molecule has 0 aliphatic heterocycles. The predicted molar refractivity (Wildman–Crippen MR) is 54.6 cm³/mol. The van der Waals surface area contributed by atoms with Crippen molar-refractivity contribution >= 4 is 17.2 Å². The average molecular weight is 198 g/mol. The van der Waals surface area contributed by atoms with Crippen molar-refractivity contribution in [3.63, 3.8) is 0 Å². The van der Waals surface area contributed by atoms with Crippen LogP contribution in [0.3, 0.4) is 0 Å². The molecule has 1 atom stereocenters. The van der Waals surface area contributed by atoms with Gasteiger partial charge in [0, 0.05) is 6.54 Å². The van der Waals surface area contributed by atoms with E-state index < -0.39 is 6.04 Å². The van der Waals surface area contributed by atoms with Crippen LogP contribution in [0.1, 0.15) is 18.1 Å². The third-order valence-electron chi connectivity index (χ3n) is 1.83. The zero-order chi connectivity index (χ0) is 9.84. The van der Waals surface area contributed by atoms with Crippen molar-refractivity contribution in [3.8, 4) is 0 Å². The first-order valence-electron chi connectivity index (χ1n) is 4.16. The van der Waals surface area contributed by atoms with E-state index in [4.69, 9.17) is 5.73 Å². The number of hydrogen-bond donors (Lipinski definition) is 2. The molecule has 0 saturated carbocycles. The monoisotopic (exact) mass is 198 g/mol. The van der Waals surface area contributed by atoms with E-state index in [2.05, 4.69) is 10.7 Å². The molecule has 0 fully saturated rings. The van der Waals surface area contributed by atoms with Crippen molar-refractivity contribution < 1.29 is 4.79 Å². The zero-order valence-corrected chi connectivity index (χ0v) is 8.65. The Hall–Kier alpha value is -0.870. The summed E-state index contributed by atoms with van der Waals surface area (Å²) in [4.78, 5) is 11.1. The van der Waals surface area contributed by atoms with Crippen LogP contribution in [0.2, 0.25) is 0 Å². The molecule has 4 heteroatoms. The fraction of sp³-hybridized carbons (Fsp3) is 0.444. The van der Waals surface area contributed by atoms with Crippen molar-refractivity contribution in [2.45, 2.75) is 26.4 Å². The van der Waals surface area contributed by atoms with Crippen molar-refractivity contribution in [2.75, 3.05) is 0 Å². The van der Waals surface area contributed by atoms with E-state index in [1.807, 2.05) is 12.3 Å². The number of nitrogens with two attached hydrogens (primary N) is 1. The Labute approximate surface area is 81.9 Å². The Morgan fingerprint density at radius 3 is 2.85 bits per heavy atom. The highest BCUT2D eigenvalue weighted by molar-refractivity contribution is 7.08. The van der Waals surface area contributed by atoms with Gasteiger partial charge in [-0.15, -0.1) is 0 Å². The van der Waals surface area contributed by atoms with E-state index in [1.165, 1.54) is 11.1 Å². The summed E-state index contributed by atoms with van der Waals surface area (Å²) >= 11 is 1.64. The number of thiophene rings is 1. The maximum atomic E-state index is 11.1. The molecule has 3 nitrogen and oxygen atoms in total. The Kier molecular flexibility index (Phi) is 3.45. The average Bonchev–Trinajstić information content (AvgIpc) is 2.47. The van der Waals surface area contributed by atoms with Crippen LogP contribution in [0.15, 0.2) is 10.8 Å². The fourth-order valence-corrected chi connectivity index (χ4v) is 1.77. The van der Waals surface area contributed by atoms with E-state index in [-0.39, 0.29) is 5.91 Å². The molecule has 3 N–H and O–H groups in total. The van der Waals surface area contributed by atoms with Gasteiger partial charge in [-0.3, -0.25) is 4.79 Å². The summed E-state index contributed by atoms with van der Waals surface area (Å²) < 4.78 is 0. The molecule has 1 amide bonds. The first kappa shape index (κ1) is 10.2. The van der Waals surface area contributed by atoms with Crippen molar-refractivity contribution in [1.29, 1.82) is 0 Å². The smallest absolute Gasteiger partial charge is 0.236 e. The minimum atomic E-state index is -0.432. The molecular formula is C9H14N2OS. The maximum Gasteiger partial charge on any atom is 0.236 e. The topological polar surface area (TPSA) is 55.1 Å². The minimum absolute atomic E-state index is 0.106. The molecule has 0 spiro atoms. The van der Waals surface area contributed by atoms with Gasteiger partial charge in [-0.2, -0.15) is 11.3 Å². The minimum Gasteiger partial charge on any atom is -0.351 e. The number of carbonyl (C=O) groups is 1. The number of nitrogens with one attached hydrogen (secondary N) is 1. The van der Waals surface area contributed by atoms with Gasteiger partial charge in [-0.1, -0.05) is 0 Å². The van der Waals surface area contributed by atoms with Crippen molar-refractivity contribution in [1.82, 2.24) is 5.32 Å². The predicted octanol–water partition coefficient (Wildman–Crippen LogP) is 1.02. The van der Waals surface area contributed by atoms with Gasteiger partial charge in [0.1, 0.15) is 0 Å². The number of amides is 1. The quantitative estimate of drug-likeness (QED) is 0.762. The second-order valence-corrected chi connectivity index (χ2v) is 3.83. The van der Waals surface area contributed by atoms with Gasteiger partial charge >= 0.3 is 0 Å². The van der Waals surface area contributed by atoms with E-state index in [9.17, 15) is 4.79 Å². The molecule has 1 aromatic heterocycles. The Morgan fingerprint density at radius 1 is 1.69 bits per heavy atom. The molecule has 0 bridgehead atoms. The first-order chi connectivity index (χ1) is 6.11. The second-order valence-electron chi connectivity index (χ2n) is 3.09. The zero-order valence-electron chi connectivity index (χ0n) is 7.83. The summed E-state index contributed by atoms with van der Waals surface area (Å²) in [5, 5.41) is 6.87. The second kappa shape index (κ2) is 4.39. The molecule has 1 aromatic rings. The summed E-state index contributed by atoms with van der Waals surface area (Å²) in [5.74, 6) is -0.106. The summed E-state index contributed by atoms with van der Waals surface area (Å²) in [6.45, 7) is 4.29. The van der Waals surface area contributed by atoms with Gasteiger partial charge < -0.3 is 11.1 Å². The number of hydrogen-bond acceptors (Lipinski definition) is 3. The van der Waals surface area contributed by atoms with Gasteiger partial charge in [-0.25, -0.2) is 0 Å². The lowest BCUT2D eigenvalue weighted by Gasteiger charge is -2.06. The molecule has 0 saturated heterocycles. The van der Waals surface area contributed by atoms with Crippen molar-refractivity contribution in [3.05, 3.63) is 21.9 Å². The van der Waals surface area contributed by atoms with E-state index in [0.29, 0.717) is 6.54 Å². The molecule has 13 heavy (non-hydrogen) atoms. The number of rotatable bonds is 3. The number of carbonyl (C=O) groups excluding carboxylic acids is 1. The highest BCUT2D eigenvalue weighted by atomic mass is 32.1. The Bertz CT molecular complexity index is 294. The van der Waals surface area contributed by atoms with E-state index >= 15 is 0 Å². The molecule has 0 aliphatic carbocycles. The van der Waals surface area contributed by atoms with Crippen LogP contribution in [0, 0.1) is 6.92 Å². The van der Waals surface area contributed by atoms with Crippen LogP contribution >= 0.6 is 11.3 Å². The lowest BCUT2D eigenvalue weighted by atomic mass is 10.2. The van der Waals surface area contributed by atoms with Gasteiger partial charge in [0.15, 0.2) is 0 Å². The molecule has 72 valence electrons. The van der Waals surface area contributed by atoms with E-state index in [1.54, 1.807) is 18.3 Å². The maximum absolute atomic E-state index is 11.1. The van der Waals surface area contributed by atoms with Crippen molar-refractivity contribution in [2.24, 2.45) is 5.73 Å². The highest BCUT2D eigenvalue weighted by Crippen LogP contribution is 2.12. The van der Waals surface area contributed by atoms with Gasteiger partial charge in [-0.05, 0) is 35.7 Å². The molecule has 0 unspecified atom stereocenters. The summed E-state index contributed by atoms with van der Waals surface area (Å²) in [6.07, 6.45) is 0. The first-order valence-corrected chi connectivity index (χ1v) is 5.10.